The van der Waals surface area contributed by atoms with Crippen LogP contribution < -0.4 is 0 Å². The molecule has 0 spiro atoms. The summed E-state index contributed by atoms with van der Waals surface area (Å²) < 4.78 is 18.4. The minimum atomic E-state index is -5.17. The molecule has 8 nitrogen and oxygen atoms in total. The van der Waals surface area contributed by atoms with Crippen molar-refractivity contribution in [2.45, 2.75) is 27.7 Å². The standard InChI is InChI=1S/4C2H4O2.Sb/c4*1-2(3)4;/h4*1H3,(H,3,4);/q;;;;+4/p-4. The molecule has 0 amide bonds. The first-order chi connectivity index (χ1) is 7.67. The van der Waals surface area contributed by atoms with Gasteiger partial charge >= 0.3 is 103 Å². The molecule has 17 heavy (non-hydrogen) atoms. The molecule has 0 atom stereocenters. The predicted molar refractivity (Wildman–Crippen MR) is 52.8 cm³/mol. The number of hydrogen-bond donors (Lipinski definition) is 0. The van der Waals surface area contributed by atoms with E-state index < -0.39 is 44.4 Å². The van der Waals surface area contributed by atoms with Crippen molar-refractivity contribution in [3.05, 3.63) is 0 Å². The van der Waals surface area contributed by atoms with E-state index in [9.17, 15) is 19.2 Å². The van der Waals surface area contributed by atoms with Gasteiger partial charge in [0.25, 0.3) is 0 Å². The molecule has 0 fully saturated rings. The van der Waals surface area contributed by atoms with Gasteiger partial charge in [-0.2, -0.15) is 0 Å². The molecule has 0 saturated carbocycles. The van der Waals surface area contributed by atoms with Gasteiger partial charge in [-0.05, 0) is 0 Å². The van der Waals surface area contributed by atoms with Gasteiger partial charge in [-0.1, -0.05) is 0 Å². The summed E-state index contributed by atoms with van der Waals surface area (Å²) in [5.41, 5.74) is 0. The fraction of sp³-hybridized carbons (Fsp3) is 0.500. The molecule has 0 aliphatic rings. The minimum absolute atomic E-state index is 0.889. The quantitative estimate of drug-likeness (QED) is 0.630. The van der Waals surface area contributed by atoms with Crippen LogP contribution in [-0.4, -0.2) is 44.4 Å². The molecule has 0 aliphatic heterocycles. The summed E-state index contributed by atoms with van der Waals surface area (Å²) in [6.07, 6.45) is 0. The van der Waals surface area contributed by atoms with Crippen molar-refractivity contribution >= 4 is 44.4 Å². The summed E-state index contributed by atoms with van der Waals surface area (Å²) >= 11 is -5.17. The fourth-order valence-corrected chi connectivity index (χ4v) is 4.97. The van der Waals surface area contributed by atoms with Crippen LogP contribution in [0.5, 0.6) is 0 Å². The Labute approximate surface area is 103 Å². The SMILES string of the molecule is CC(=O)[O][Sb]([O]C(C)=O)([O]C(C)=O)[O]C(C)=O. The van der Waals surface area contributed by atoms with Crippen molar-refractivity contribution < 1.29 is 31.2 Å². The topological polar surface area (TPSA) is 105 Å². The van der Waals surface area contributed by atoms with Gasteiger partial charge in [0.05, 0.1) is 0 Å². The van der Waals surface area contributed by atoms with Crippen LogP contribution in [0.2, 0.25) is 0 Å². The van der Waals surface area contributed by atoms with E-state index in [4.69, 9.17) is 0 Å². The third-order valence-electron chi connectivity index (χ3n) is 0.961. The molecular weight excluding hydrogens is 346 g/mol. The van der Waals surface area contributed by atoms with E-state index in [1.165, 1.54) is 0 Å². The first kappa shape index (κ1) is 15.7. The van der Waals surface area contributed by atoms with Crippen LogP contribution in [0.4, 0.5) is 0 Å². The normalized spacial score (nSPS) is 10.1. The van der Waals surface area contributed by atoms with Gasteiger partial charge in [0.15, 0.2) is 0 Å². The van der Waals surface area contributed by atoms with Crippen LogP contribution in [-0.2, 0) is 31.2 Å². The molecule has 0 aromatic rings. The number of hydrogen-bond acceptors (Lipinski definition) is 8. The molecule has 0 aromatic carbocycles. The maximum atomic E-state index is 10.9. The second-order valence-corrected chi connectivity index (χ2v) is 7.42. The van der Waals surface area contributed by atoms with Gasteiger partial charge < -0.3 is 0 Å². The van der Waals surface area contributed by atoms with Crippen molar-refractivity contribution in [2.75, 3.05) is 0 Å². The van der Waals surface area contributed by atoms with Crippen LogP contribution in [0.25, 0.3) is 0 Å². The van der Waals surface area contributed by atoms with E-state index in [0.29, 0.717) is 0 Å². The molecule has 0 unspecified atom stereocenters. The van der Waals surface area contributed by atoms with Crippen LogP contribution in [0.1, 0.15) is 27.7 Å². The first-order valence-corrected chi connectivity index (χ1v) is 8.53. The Morgan fingerprint density at radius 3 is 0.882 bits per heavy atom. The third-order valence-corrected chi connectivity index (χ3v) is 6.45. The van der Waals surface area contributed by atoms with E-state index in [1.807, 2.05) is 0 Å². The van der Waals surface area contributed by atoms with Gasteiger partial charge in [0.2, 0.25) is 0 Å². The molecule has 0 N–H and O–H groups in total. The molecule has 1 radical (unpaired) electrons. The summed E-state index contributed by atoms with van der Waals surface area (Å²) in [4.78, 5) is 43.4. The first-order valence-electron chi connectivity index (χ1n) is 4.36. The average molecular weight is 358 g/mol. The Bertz CT molecular complexity index is 280. The fourth-order valence-electron chi connectivity index (χ4n) is 0.742. The van der Waals surface area contributed by atoms with Gasteiger partial charge in [-0.15, -0.1) is 0 Å². The van der Waals surface area contributed by atoms with Crippen molar-refractivity contribution in [3.8, 4) is 0 Å². The van der Waals surface area contributed by atoms with Crippen molar-refractivity contribution in [3.63, 3.8) is 0 Å². The van der Waals surface area contributed by atoms with Gasteiger partial charge in [-0.25, -0.2) is 0 Å². The van der Waals surface area contributed by atoms with E-state index in [2.05, 4.69) is 12.1 Å². The van der Waals surface area contributed by atoms with E-state index in [1.54, 1.807) is 0 Å². The van der Waals surface area contributed by atoms with E-state index in [-0.39, 0.29) is 0 Å². The van der Waals surface area contributed by atoms with E-state index in [0.717, 1.165) is 27.7 Å². The monoisotopic (exact) mass is 357 g/mol. The van der Waals surface area contributed by atoms with Gasteiger partial charge in [-0.3, -0.25) is 0 Å². The molecule has 0 aromatic heterocycles. The average Bonchev–Trinajstić information content (AvgIpc) is 1.95. The predicted octanol–water partition coefficient (Wildman–Crippen LogP) is -0.326. The summed E-state index contributed by atoms with van der Waals surface area (Å²) in [5.74, 6) is -3.56. The summed E-state index contributed by atoms with van der Waals surface area (Å²) in [6.45, 7) is 4.00. The molecule has 97 valence electrons. The molecule has 0 aliphatic carbocycles. The van der Waals surface area contributed by atoms with Crippen LogP contribution in [0.15, 0.2) is 0 Å². The number of carbonyl (C=O) groups is 4. The molecule has 0 bridgehead atoms. The van der Waals surface area contributed by atoms with Crippen LogP contribution in [0, 0.1) is 0 Å². The van der Waals surface area contributed by atoms with Crippen LogP contribution >= 0.6 is 0 Å². The molecular formula is C8H12O8Sb. The maximum absolute atomic E-state index is 10.9. The van der Waals surface area contributed by atoms with Gasteiger partial charge in [0, 0.05) is 0 Å². The molecule has 9 heteroatoms. The third kappa shape index (κ3) is 6.78. The summed E-state index contributed by atoms with van der Waals surface area (Å²) in [6, 6.07) is 0. The Kier molecular flexibility index (Phi) is 5.94. The summed E-state index contributed by atoms with van der Waals surface area (Å²) in [7, 11) is 0. The zero-order chi connectivity index (χ0) is 13.6. The van der Waals surface area contributed by atoms with Crippen molar-refractivity contribution in [1.29, 1.82) is 0 Å². The Hall–Kier alpha value is -1.30. The molecule has 0 rings (SSSR count). The molecule has 0 heterocycles. The van der Waals surface area contributed by atoms with Gasteiger partial charge in [0.1, 0.15) is 0 Å². The Morgan fingerprint density at radius 2 is 0.765 bits per heavy atom. The van der Waals surface area contributed by atoms with E-state index >= 15 is 0 Å². The number of rotatable bonds is 4. The second kappa shape index (κ2) is 6.44. The second-order valence-electron chi connectivity index (χ2n) is 2.78. The zero-order valence-corrected chi connectivity index (χ0v) is 12.3. The van der Waals surface area contributed by atoms with Crippen molar-refractivity contribution in [2.24, 2.45) is 0 Å². The molecule has 0 saturated heterocycles. The Balaban J connectivity index is 5.16. The Morgan fingerprint density at radius 1 is 0.588 bits per heavy atom. The van der Waals surface area contributed by atoms with Crippen molar-refractivity contribution in [1.82, 2.24) is 0 Å². The summed E-state index contributed by atoms with van der Waals surface area (Å²) in [5, 5.41) is 0. The zero-order valence-electron chi connectivity index (χ0n) is 9.71. The van der Waals surface area contributed by atoms with Crippen LogP contribution in [0.3, 0.4) is 0 Å². The number of carbonyl (C=O) groups excluding carboxylic acids is 4.